The van der Waals surface area contributed by atoms with Crippen LogP contribution in [0.1, 0.15) is 64.4 Å². The van der Waals surface area contributed by atoms with E-state index in [-0.39, 0.29) is 5.54 Å². The second-order valence-electron chi connectivity index (χ2n) is 8.55. The van der Waals surface area contributed by atoms with Crippen LogP contribution >= 0.6 is 0 Å². The van der Waals surface area contributed by atoms with Gasteiger partial charge in [0.25, 0.3) is 0 Å². The second kappa shape index (κ2) is 6.19. The highest BCUT2D eigenvalue weighted by molar-refractivity contribution is 5.84. The number of amides is 1. The normalized spacial score (nSPS) is 29.6. The fourth-order valence-corrected chi connectivity index (χ4v) is 5.40. The number of aromatic amines is 1. The number of likely N-dealkylation sites (tertiary alicyclic amines) is 1. The van der Waals surface area contributed by atoms with E-state index in [1.165, 1.54) is 43.1 Å². The molecule has 2 aromatic rings. The maximum absolute atomic E-state index is 13.1. The molecule has 1 saturated carbocycles. The first-order chi connectivity index (χ1) is 12.0. The summed E-state index contributed by atoms with van der Waals surface area (Å²) in [5.74, 6) is 0.348. The average molecular weight is 338 g/mol. The van der Waals surface area contributed by atoms with Crippen LogP contribution in [-0.4, -0.2) is 27.9 Å². The average Bonchev–Trinajstić information content (AvgIpc) is 3.02. The van der Waals surface area contributed by atoms with Crippen LogP contribution in [0.3, 0.4) is 0 Å². The molecule has 0 bridgehead atoms. The Labute approximate surface area is 150 Å². The number of carbonyl (C=O) groups is 1. The highest BCUT2D eigenvalue weighted by Crippen LogP contribution is 2.53. The first-order valence-electron chi connectivity index (χ1n) is 9.89. The zero-order valence-corrected chi connectivity index (χ0v) is 15.6. The van der Waals surface area contributed by atoms with Crippen molar-refractivity contribution in [2.75, 3.05) is 6.54 Å². The molecule has 0 spiro atoms. The maximum atomic E-state index is 13.1. The van der Waals surface area contributed by atoms with E-state index in [4.69, 9.17) is 0 Å². The van der Waals surface area contributed by atoms with Gasteiger partial charge in [-0.15, -0.1) is 0 Å². The quantitative estimate of drug-likeness (QED) is 0.834. The summed E-state index contributed by atoms with van der Waals surface area (Å²) < 4.78 is 0. The Kier molecular flexibility index (Phi) is 4.13. The number of carbonyl (C=O) groups excluding carboxylic acids is 1. The number of hydrogen-bond acceptors (Lipinski definition) is 1. The van der Waals surface area contributed by atoms with Gasteiger partial charge in [0, 0.05) is 35.6 Å². The van der Waals surface area contributed by atoms with Gasteiger partial charge < -0.3 is 9.88 Å². The summed E-state index contributed by atoms with van der Waals surface area (Å²) in [6.07, 6.45) is 11.0. The van der Waals surface area contributed by atoms with E-state index < -0.39 is 0 Å². The van der Waals surface area contributed by atoms with Crippen molar-refractivity contribution in [1.82, 2.24) is 9.88 Å². The highest BCUT2D eigenvalue weighted by Gasteiger charge is 2.52. The molecule has 1 aliphatic carbocycles. The third kappa shape index (κ3) is 2.68. The Hall–Kier alpha value is -1.77. The third-order valence-corrected chi connectivity index (χ3v) is 7.23. The number of para-hydroxylation sites is 1. The summed E-state index contributed by atoms with van der Waals surface area (Å²) in [5.41, 5.74) is 2.79. The van der Waals surface area contributed by atoms with E-state index in [0.717, 1.165) is 24.9 Å². The number of H-pyrrole nitrogens is 1. The molecule has 134 valence electrons. The van der Waals surface area contributed by atoms with Gasteiger partial charge in [0.2, 0.25) is 5.91 Å². The molecule has 3 heteroatoms. The van der Waals surface area contributed by atoms with Gasteiger partial charge in [0.15, 0.2) is 0 Å². The fourth-order valence-electron chi connectivity index (χ4n) is 5.40. The largest absolute Gasteiger partial charge is 0.361 e. The van der Waals surface area contributed by atoms with Gasteiger partial charge in [0.1, 0.15) is 0 Å². The molecule has 1 amide bonds. The van der Waals surface area contributed by atoms with Crippen LogP contribution in [-0.2, 0) is 11.2 Å². The predicted molar refractivity (Wildman–Crippen MR) is 103 cm³/mol. The number of fused-ring (bicyclic) bond motifs is 2. The van der Waals surface area contributed by atoms with Crippen molar-refractivity contribution >= 4 is 16.8 Å². The molecule has 2 atom stereocenters. The van der Waals surface area contributed by atoms with Crippen molar-refractivity contribution in [3.63, 3.8) is 0 Å². The Balaban J connectivity index is 1.50. The SMILES string of the molecule is CC12CCCCC1(C)N(C(=O)CCc1c[nH]c3ccccc13)CCC2. The Morgan fingerprint density at radius 1 is 1.12 bits per heavy atom. The Morgan fingerprint density at radius 3 is 2.76 bits per heavy atom. The van der Waals surface area contributed by atoms with E-state index in [0.29, 0.717) is 17.7 Å². The molecule has 1 aliphatic heterocycles. The predicted octanol–water partition coefficient (Wildman–Crippen LogP) is 5.06. The van der Waals surface area contributed by atoms with Gasteiger partial charge in [0.05, 0.1) is 0 Å². The third-order valence-electron chi connectivity index (χ3n) is 7.23. The fraction of sp³-hybridized carbons (Fsp3) is 0.591. The minimum atomic E-state index is 0.0563. The second-order valence-corrected chi connectivity index (χ2v) is 8.55. The number of rotatable bonds is 3. The zero-order chi connectivity index (χ0) is 17.5. The van der Waals surface area contributed by atoms with Gasteiger partial charge in [-0.3, -0.25) is 4.79 Å². The van der Waals surface area contributed by atoms with Crippen LogP contribution in [0.2, 0.25) is 0 Å². The van der Waals surface area contributed by atoms with Crippen molar-refractivity contribution in [3.8, 4) is 0 Å². The number of hydrogen-bond donors (Lipinski definition) is 1. The number of benzene rings is 1. The lowest BCUT2D eigenvalue weighted by Gasteiger charge is -2.59. The maximum Gasteiger partial charge on any atom is 0.223 e. The molecular formula is C22H30N2O. The molecule has 3 nitrogen and oxygen atoms in total. The molecule has 0 radical (unpaired) electrons. The van der Waals surface area contributed by atoms with E-state index in [1.807, 2.05) is 6.07 Å². The number of nitrogens with one attached hydrogen (secondary N) is 1. The lowest BCUT2D eigenvalue weighted by Crippen LogP contribution is -2.63. The Bertz CT molecular complexity index is 775. The number of piperidine rings is 1. The molecule has 4 rings (SSSR count). The van der Waals surface area contributed by atoms with Gasteiger partial charge in [-0.1, -0.05) is 38.0 Å². The minimum absolute atomic E-state index is 0.0563. The lowest BCUT2D eigenvalue weighted by molar-refractivity contribution is -0.153. The standard InChI is InChI=1S/C22H30N2O/c1-21-12-5-6-14-22(21,2)24(15-7-13-21)20(25)11-10-17-16-23-19-9-4-3-8-18(17)19/h3-4,8-9,16,23H,5-7,10-15H2,1-2H3. The van der Waals surface area contributed by atoms with Crippen LogP contribution in [0.15, 0.2) is 30.5 Å². The minimum Gasteiger partial charge on any atom is -0.361 e. The lowest BCUT2D eigenvalue weighted by atomic mass is 9.58. The summed E-state index contributed by atoms with van der Waals surface area (Å²) in [4.78, 5) is 18.7. The number of aryl methyl sites for hydroxylation is 1. The smallest absolute Gasteiger partial charge is 0.223 e. The molecule has 2 aliphatic rings. The van der Waals surface area contributed by atoms with Gasteiger partial charge in [-0.25, -0.2) is 0 Å². The van der Waals surface area contributed by atoms with E-state index in [9.17, 15) is 4.79 Å². The molecule has 1 N–H and O–H groups in total. The van der Waals surface area contributed by atoms with Gasteiger partial charge in [-0.05, 0) is 56.1 Å². The molecule has 1 aromatic heterocycles. The number of nitrogens with zero attached hydrogens (tertiary/aromatic N) is 1. The molecule has 2 unspecified atom stereocenters. The van der Waals surface area contributed by atoms with E-state index in [1.54, 1.807) is 0 Å². The van der Waals surface area contributed by atoms with Crippen LogP contribution in [0.4, 0.5) is 0 Å². The van der Waals surface area contributed by atoms with Crippen molar-refractivity contribution < 1.29 is 4.79 Å². The van der Waals surface area contributed by atoms with Crippen molar-refractivity contribution in [3.05, 3.63) is 36.0 Å². The Morgan fingerprint density at radius 2 is 1.88 bits per heavy atom. The highest BCUT2D eigenvalue weighted by atomic mass is 16.2. The molecule has 2 heterocycles. The van der Waals surface area contributed by atoms with E-state index >= 15 is 0 Å². The first-order valence-corrected chi connectivity index (χ1v) is 9.89. The van der Waals surface area contributed by atoms with Crippen molar-refractivity contribution in [2.45, 2.75) is 70.8 Å². The van der Waals surface area contributed by atoms with Gasteiger partial charge in [-0.2, -0.15) is 0 Å². The monoisotopic (exact) mass is 338 g/mol. The summed E-state index contributed by atoms with van der Waals surface area (Å²) in [6.45, 7) is 5.72. The number of aromatic nitrogens is 1. The topological polar surface area (TPSA) is 36.1 Å². The summed E-state index contributed by atoms with van der Waals surface area (Å²) in [6, 6.07) is 8.36. The molecular weight excluding hydrogens is 308 g/mol. The van der Waals surface area contributed by atoms with Crippen LogP contribution in [0.25, 0.3) is 10.9 Å². The van der Waals surface area contributed by atoms with Crippen LogP contribution in [0.5, 0.6) is 0 Å². The van der Waals surface area contributed by atoms with Crippen molar-refractivity contribution in [2.24, 2.45) is 5.41 Å². The van der Waals surface area contributed by atoms with Gasteiger partial charge >= 0.3 is 0 Å². The zero-order valence-electron chi connectivity index (χ0n) is 15.6. The summed E-state index contributed by atoms with van der Waals surface area (Å²) >= 11 is 0. The summed E-state index contributed by atoms with van der Waals surface area (Å²) in [7, 11) is 0. The van der Waals surface area contributed by atoms with E-state index in [2.05, 4.69) is 48.1 Å². The molecule has 2 fully saturated rings. The van der Waals surface area contributed by atoms with Crippen molar-refractivity contribution in [1.29, 1.82) is 0 Å². The molecule has 1 aromatic carbocycles. The van der Waals surface area contributed by atoms with Crippen LogP contribution < -0.4 is 0 Å². The summed E-state index contributed by atoms with van der Waals surface area (Å²) in [5, 5.41) is 1.25. The van der Waals surface area contributed by atoms with Crippen LogP contribution in [0, 0.1) is 5.41 Å². The molecule has 25 heavy (non-hydrogen) atoms. The first kappa shape index (κ1) is 16.7. The molecule has 1 saturated heterocycles.